The van der Waals surface area contributed by atoms with Crippen LogP contribution < -0.4 is 19.5 Å². The number of methoxy groups -OCH3 is 3. The van der Waals surface area contributed by atoms with Crippen molar-refractivity contribution in [1.82, 2.24) is 4.98 Å². The van der Waals surface area contributed by atoms with Gasteiger partial charge in [0.05, 0.1) is 32.7 Å². The smallest absolute Gasteiger partial charge is 0.161 e. The molecular formula is C21H19N3O3S. The van der Waals surface area contributed by atoms with Crippen LogP contribution in [-0.4, -0.2) is 26.3 Å². The van der Waals surface area contributed by atoms with E-state index >= 15 is 0 Å². The monoisotopic (exact) mass is 393 g/mol. The quantitative estimate of drug-likeness (QED) is 0.581. The molecule has 0 saturated carbocycles. The number of hydrogen-bond acceptors (Lipinski definition) is 7. The number of ether oxygens (including phenoxy) is 3. The van der Waals surface area contributed by atoms with Gasteiger partial charge in [0.15, 0.2) is 11.5 Å². The van der Waals surface area contributed by atoms with E-state index in [9.17, 15) is 5.26 Å². The first-order chi connectivity index (χ1) is 13.7. The minimum Gasteiger partial charge on any atom is -0.495 e. The van der Waals surface area contributed by atoms with Gasteiger partial charge in [-0.25, -0.2) is 4.98 Å². The third kappa shape index (κ3) is 4.08. The normalized spacial score (nSPS) is 10.9. The van der Waals surface area contributed by atoms with Crippen LogP contribution in [0.15, 0.2) is 54.0 Å². The Morgan fingerprint density at radius 3 is 2.50 bits per heavy atom. The van der Waals surface area contributed by atoms with E-state index < -0.39 is 0 Å². The van der Waals surface area contributed by atoms with E-state index in [-0.39, 0.29) is 0 Å². The van der Waals surface area contributed by atoms with Gasteiger partial charge in [-0.1, -0.05) is 12.1 Å². The minimum atomic E-state index is 0.433. The van der Waals surface area contributed by atoms with Crippen molar-refractivity contribution >= 4 is 22.6 Å². The van der Waals surface area contributed by atoms with Crippen LogP contribution in [0.2, 0.25) is 0 Å². The van der Waals surface area contributed by atoms with Gasteiger partial charge in [0.2, 0.25) is 0 Å². The average molecular weight is 393 g/mol. The van der Waals surface area contributed by atoms with Crippen molar-refractivity contribution in [1.29, 1.82) is 5.26 Å². The molecule has 0 bridgehead atoms. The molecule has 3 aromatic rings. The van der Waals surface area contributed by atoms with Crippen molar-refractivity contribution in [3.05, 3.63) is 59.1 Å². The molecule has 7 heteroatoms. The maximum absolute atomic E-state index is 9.55. The Bertz CT molecular complexity index is 1040. The van der Waals surface area contributed by atoms with Crippen molar-refractivity contribution in [2.24, 2.45) is 0 Å². The van der Waals surface area contributed by atoms with Crippen LogP contribution in [0.5, 0.6) is 17.2 Å². The van der Waals surface area contributed by atoms with Gasteiger partial charge in [-0.2, -0.15) is 5.26 Å². The largest absolute Gasteiger partial charge is 0.495 e. The van der Waals surface area contributed by atoms with Crippen LogP contribution in [0.4, 0.5) is 5.69 Å². The number of nitrogens with one attached hydrogen (secondary N) is 1. The molecule has 0 atom stereocenters. The topological polar surface area (TPSA) is 76.4 Å². The van der Waals surface area contributed by atoms with Crippen molar-refractivity contribution in [2.75, 3.05) is 26.6 Å². The molecule has 0 aliphatic heterocycles. The Balaban J connectivity index is 1.86. The number of benzene rings is 2. The van der Waals surface area contributed by atoms with Crippen molar-refractivity contribution < 1.29 is 14.2 Å². The number of para-hydroxylation sites is 2. The van der Waals surface area contributed by atoms with E-state index in [0.717, 1.165) is 16.9 Å². The van der Waals surface area contributed by atoms with Gasteiger partial charge in [-0.3, -0.25) is 0 Å². The third-order valence-electron chi connectivity index (χ3n) is 4.01. The number of nitrogens with zero attached hydrogens (tertiary/aromatic N) is 2. The van der Waals surface area contributed by atoms with Crippen LogP contribution in [0.3, 0.4) is 0 Å². The van der Waals surface area contributed by atoms with Gasteiger partial charge in [0.1, 0.15) is 22.4 Å². The fraction of sp³-hybridized carbons (Fsp3) is 0.143. The number of allylic oxidation sites excluding steroid dienone is 1. The molecule has 1 N–H and O–H groups in total. The zero-order chi connectivity index (χ0) is 19.9. The Morgan fingerprint density at radius 1 is 1.04 bits per heavy atom. The van der Waals surface area contributed by atoms with Crippen LogP contribution in [0, 0.1) is 11.3 Å². The summed E-state index contributed by atoms with van der Waals surface area (Å²) < 4.78 is 15.9. The second-order valence-electron chi connectivity index (χ2n) is 5.62. The van der Waals surface area contributed by atoms with Crippen LogP contribution in [0.25, 0.3) is 16.8 Å². The van der Waals surface area contributed by atoms with Crippen LogP contribution in [-0.2, 0) is 0 Å². The molecule has 0 radical (unpaired) electrons. The number of anilines is 1. The standard InChI is InChI=1S/C21H19N3O3S/c1-25-18-7-5-4-6-16(18)23-12-15(11-22)21-24-17(13-28-21)14-8-9-19(26-2)20(10-14)27-3/h4-10,12-13,23H,1-3H3. The summed E-state index contributed by atoms with van der Waals surface area (Å²) in [5, 5.41) is 15.2. The lowest BCUT2D eigenvalue weighted by Crippen LogP contribution is -1.94. The molecule has 0 spiro atoms. The van der Waals surface area contributed by atoms with Crippen molar-refractivity contribution in [3.63, 3.8) is 0 Å². The Kier molecular flexibility index (Phi) is 6.14. The van der Waals surface area contributed by atoms with Gasteiger partial charge < -0.3 is 19.5 Å². The molecule has 142 valence electrons. The van der Waals surface area contributed by atoms with E-state index in [4.69, 9.17) is 14.2 Å². The highest BCUT2D eigenvalue weighted by atomic mass is 32.1. The average Bonchev–Trinajstić information content (AvgIpc) is 3.24. The Labute approximate surface area is 167 Å². The predicted octanol–water partition coefficient (Wildman–Crippen LogP) is 4.81. The number of hydrogen-bond donors (Lipinski definition) is 1. The summed E-state index contributed by atoms with van der Waals surface area (Å²) in [6.45, 7) is 0. The third-order valence-corrected chi connectivity index (χ3v) is 4.89. The number of aromatic nitrogens is 1. The summed E-state index contributed by atoms with van der Waals surface area (Å²) in [6.07, 6.45) is 1.63. The second-order valence-corrected chi connectivity index (χ2v) is 6.48. The van der Waals surface area contributed by atoms with Gasteiger partial charge >= 0.3 is 0 Å². The Morgan fingerprint density at radius 2 is 1.79 bits per heavy atom. The first-order valence-corrected chi connectivity index (χ1v) is 9.26. The Hall–Kier alpha value is -3.50. The first kappa shape index (κ1) is 19.3. The fourth-order valence-electron chi connectivity index (χ4n) is 2.58. The number of thiazole rings is 1. The molecule has 0 saturated heterocycles. The minimum absolute atomic E-state index is 0.433. The predicted molar refractivity (Wildman–Crippen MR) is 111 cm³/mol. The number of rotatable bonds is 7. The summed E-state index contributed by atoms with van der Waals surface area (Å²) in [4.78, 5) is 4.60. The lowest BCUT2D eigenvalue weighted by atomic mass is 10.1. The zero-order valence-electron chi connectivity index (χ0n) is 15.7. The molecule has 1 aromatic heterocycles. The molecule has 0 unspecified atom stereocenters. The van der Waals surface area contributed by atoms with E-state index in [1.54, 1.807) is 27.5 Å². The molecule has 0 aliphatic carbocycles. The molecule has 1 heterocycles. The van der Waals surface area contributed by atoms with Gasteiger partial charge in [-0.15, -0.1) is 11.3 Å². The lowest BCUT2D eigenvalue weighted by Gasteiger charge is -2.08. The SMILES string of the molecule is COc1ccccc1NC=C(C#N)c1nc(-c2ccc(OC)c(OC)c2)cs1. The summed E-state index contributed by atoms with van der Waals surface area (Å²) >= 11 is 1.40. The van der Waals surface area contributed by atoms with Crippen LogP contribution >= 0.6 is 11.3 Å². The zero-order valence-corrected chi connectivity index (χ0v) is 16.5. The number of nitriles is 1. The summed E-state index contributed by atoms with van der Waals surface area (Å²) in [5.41, 5.74) is 2.85. The summed E-state index contributed by atoms with van der Waals surface area (Å²) in [6, 6.07) is 15.3. The molecule has 0 amide bonds. The molecule has 28 heavy (non-hydrogen) atoms. The van der Waals surface area contributed by atoms with Crippen molar-refractivity contribution in [2.45, 2.75) is 0 Å². The molecule has 2 aromatic carbocycles. The second kappa shape index (κ2) is 8.93. The molecule has 3 rings (SSSR count). The highest BCUT2D eigenvalue weighted by Gasteiger charge is 2.12. The van der Waals surface area contributed by atoms with E-state index in [0.29, 0.717) is 27.8 Å². The van der Waals surface area contributed by atoms with E-state index in [2.05, 4.69) is 16.4 Å². The first-order valence-electron chi connectivity index (χ1n) is 8.38. The highest BCUT2D eigenvalue weighted by molar-refractivity contribution is 7.11. The molecule has 0 aliphatic rings. The van der Waals surface area contributed by atoms with E-state index in [1.807, 2.05) is 47.8 Å². The fourth-order valence-corrected chi connectivity index (χ4v) is 3.38. The van der Waals surface area contributed by atoms with Gasteiger partial charge in [-0.05, 0) is 30.3 Å². The molecule has 6 nitrogen and oxygen atoms in total. The lowest BCUT2D eigenvalue weighted by molar-refractivity contribution is 0.355. The maximum Gasteiger partial charge on any atom is 0.161 e. The summed E-state index contributed by atoms with van der Waals surface area (Å²) in [7, 11) is 4.79. The molecular weight excluding hydrogens is 374 g/mol. The summed E-state index contributed by atoms with van der Waals surface area (Å²) in [5.74, 6) is 1.98. The van der Waals surface area contributed by atoms with E-state index in [1.165, 1.54) is 11.3 Å². The van der Waals surface area contributed by atoms with Crippen molar-refractivity contribution in [3.8, 4) is 34.6 Å². The van der Waals surface area contributed by atoms with Gasteiger partial charge in [0.25, 0.3) is 0 Å². The van der Waals surface area contributed by atoms with Gasteiger partial charge in [0, 0.05) is 17.1 Å². The highest BCUT2D eigenvalue weighted by Crippen LogP contribution is 2.33. The van der Waals surface area contributed by atoms with Crippen LogP contribution in [0.1, 0.15) is 5.01 Å². The molecule has 0 fully saturated rings. The maximum atomic E-state index is 9.55.